The topological polar surface area (TPSA) is 65.5 Å². The van der Waals surface area contributed by atoms with Crippen molar-refractivity contribution >= 4 is 16.9 Å². The molecule has 0 spiro atoms. The maximum Gasteiger partial charge on any atom is 0.330 e. The number of aromatic nitrogens is 1. The van der Waals surface area contributed by atoms with E-state index in [9.17, 15) is 4.79 Å². The molecule has 106 valence electrons. The monoisotopic (exact) mass is 283 g/mol. The highest BCUT2D eigenvalue weighted by molar-refractivity contribution is 5.82. The quantitative estimate of drug-likeness (QED) is 0.539. The fraction of sp³-hybridized carbons (Fsp3) is 0.125. The van der Waals surface area contributed by atoms with Gasteiger partial charge in [0.2, 0.25) is 5.76 Å². The number of hydrogen-bond acceptors (Lipinski definition) is 5. The molecule has 0 unspecified atom stereocenters. The molecule has 0 atom stereocenters. The molecular formula is C16H13NO4. The molecule has 2 aromatic heterocycles. The standard InChI is InChI=1S/C16H13NO4/c1-2-5-16(18)19-10-12-9-15(21-17-12)14-8-11-6-3-4-7-13(11)20-14/h2-9H,10H2,1H3/b5-2+. The molecule has 5 heteroatoms. The number of fused-ring (bicyclic) bond motifs is 1. The Morgan fingerprint density at radius 2 is 2.14 bits per heavy atom. The van der Waals surface area contributed by atoms with Gasteiger partial charge in [-0.05, 0) is 19.1 Å². The van der Waals surface area contributed by atoms with E-state index in [0.29, 0.717) is 17.2 Å². The highest BCUT2D eigenvalue weighted by atomic mass is 16.5. The summed E-state index contributed by atoms with van der Waals surface area (Å²) in [6.07, 6.45) is 2.96. The van der Waals surface area contributed by atoms with Gasteiger partial charge in [0.25, 0.3) is 0 Å². The Hall–Kier alpha value is -2.82. The predicted molar refractivity (Wildman–Crippen MR) is 76.3 cm³/mol. The Morgan fingerprint density at radius 3 is 2.95 bits per heavy atom. The number of esters is 1. The second-order valence-corrected chi connectivity index (χ2v) is 4.44. The van der Waals surface area contributed by atoms with Crippen molar-refractivity contribution in [2.75, 3.05) is 0 Å². The number of carbonyl (C=O) groups excluding carboxylic acids is 1. The van der Waals surface area contributed by atoms with Crippen LogP contribution in [0.25, 0.3) is 22.5 Å². The van der Waals surface area contributed by atoms with Gasteiger partial charge in [0.15, 0.2) is 5.76 Å². The lowest BCUT2D eigenvalue weighted by Gasteiger charge is -1.95. The van der Waals surface area contributed by atoms with Gasteiger partial charge in [0.05, 0.1) is 0 Å². The number of nitrogens with zero attached hydrogens (tertiary/aromatic N) is 1. The van der Waals surface area contributed by atoms with Gasteiger partial charge in [0.1, 0.15) is 17.9 Å². The van der Waals surface area contributed by atoms with Gasteiger partial charge in [-0.15, -0.1) is 0 Å². The van der Waals surface area contributed by atoms with Crippen molar-refractivity contribution in [2.24, 2.45) is 0 Å². The number of allylic oxidation sites excluding steroid dienone is 1. The van der Waals surface area contributed by atoms with Crippen molar-refractivity contribution in [3.63, 3.8) is 0 Å². The van der Waals surface area contributed by atoms with E-state index < -0.39 is 5.97 Å². The minimum Gasteiger partial charge on any atom is -0.456 e. The third-order valence-electron chi connectivity index (χ3n) is 2.89. The fourth-order valence-electron chi connectivity index (χ4n) is 1.93. The molecule has 0 N–H and O–H groups in total. The zero-order chi connectivity index (χ0) is 14.7. The van der Waals surface area contributed by atoms with E-state index >= 15 is 0 Å². The minimum absolute atomic E-state index is 0.0624. The van der Waals surface area contributed by atoms with E-state index in [1.807, 2.05) is 30.3 Å². The van der Waals surface area contributed by atoms with E-state index in [0.717, 1.165) is 11.0 Å². The van der Waals surface area contributed by atoms with E-state index in [1.165, 1.54) is 6.08 Å². The first kappa shape index (κ1) is 13.2. The van der Waals surface area contributed by atoms with Gasteiger partial charge in [-0.3, -0.25) is 0 Å². The summed E-state index contributed by atoms with van der Waals surface area (Å²) in [4.78, 5) is 11.2. The second kappa shape index (κ2) is 5.66. The maximum absolute atomic E-state index is 11.2. The number of para-hydroxylation sites is 1. The zero-order valence-electron chi connectivity index (χ0n) is 11.4. The Labute approximate surface area is 120 Å². The molecule has 0 aliphatic heterocycles. The molecule has 0 saturated heterocycles. The molecule has 0 saturated carbocycles. The number of furan rings is 1. The molecule has 3 aromatic rings. The first-order chi connectivity index (χ1) is 10.3. The molecule has 0 fully saturated rings. The lowest BCUT2D eigenvalue weighted by Crippen LogP contribution is -2.00. The molecule has 21 heavy (non-hydrogen) atoms. The van der Waals surface area contributed by atoms with Gasteiger partial charge in [-0.2, -0.15) is 0 Å². The van der Waals surface area contributed by atoms with E-state index in [2.05, 4.69) is 5.16 Å². The van der Waals surface area contributed by atoms with Gasteiger partial charge in [-0.25, -0.2) is 4.79 Å². The van der Waals surface area contributed by atoms with Crippen LogP contribution >= 0.6 is 0 Å². The molecule has 0 radical (unpaired) electrons. The Bertz CT molecular complexity index is 764. The summed E-state index contributed by atoms with van der Waals surface area (Å²) in [6.45, 7) is 1.81. The summed E-state index contributed by atoms with van der Waals surface area (Å²) in [5.74, 6) is 0.684. The first-order valence-electron chi connectivity index (χ1n) is 6.50. The summed E-state index contributed by atoms with van der Waals surface area (Å²) < 4.78 is 15.9. The van der Waals surface area contributed by atoms with E-state index in [4.69, 9.17) is 13.7 Å². The van der Waals surface area contributed by atoms with Crippen molar-refractivity contribution in [1.29, 1.82) is 0 Å². The molecule has 3 rings (SSSR count). The summed E-state index contributed by atoms with van der Waals surface area (Å²) >= 11 is 0. The second-order valence-electron chi connectivity index (χ2n) is 4.44. The van der Waals surface area contributed by atoms with E-state index in [1.54, 1.807) is 19.1 Å². The zero-order valence-corrected chi connectivity index (χ0v) is 11.4. The van der Waals surface area contributed by atoms with Crippen LogP contribution in [0.4, 0.5) is 0 Å². The van der Waals surface area contributed by atoms with Crippen molar-refractivity contribution in [2.45, 2.75) is 13.5 Å². The van der Waals surface area contributed by atoms with Crippen LogP contribution in [-0.4, -0.2) is 11.1 Å². The van der Waals surface area contributed by atoms with Crippen molar-refractivity contribution in [3.8, 4) is 11.5 Å². The SMILES string of the molecule is C/C=C/C(=O)OCc1cc(-c2cc3ccccc3o2)on1. The number of benzene rings is 1. The Balaban J connectivity index is 1.76. The van der Waals surface area contributed by atoms with Crippen molar-refractivity contribution in [3.05, 3.63) is 54.2 Å². The largest absolute Gasteiger partial charge is 0.456 e. The van der Waals surface area contributed by atoms with Gasteiger partial charge >= 0.3 is 5.97 Å². The van der Waals surface area contributed by atoms with Crippen LogP contribution in [-0.2, 0) is 16.1 Å². The number of carbonyl (C=O) groups is 1. The lowest BCUT2D eigenvalue weighted by atomic mass is 10.2. The Kier molecular flexibility index (Phi) is 3.55. The third-order valence-corrected chi connectivity index (χ3v) is 2.89. The average molecular weight is 283 g/mol. The fourth-order valence-corrected chi connectivity index (χ4v) is 1.93. The minimum atomic E-state index is -0.411. The number of ether oxygens (including phenoxy) is 1. The van der Waals surface area contributed by atoms with Gasteiger partial charge < -0.3 is 13.7 Å². The van der Waals surface area contributed by atoms with Gasteiger partial charge in [-0.1, -0.05) is 29.4 Å². The highest BCUT2D eigenvalue weighted by Crippen LogP contribution is 2.28. The first-order valence-corrected chi connectivity index (χ1v) is 6.50. The van der Waals surface area contributed by atoms with Crippen LogP contribution in [0.15, 0.2) is 57.5 Å². The molecule has 0 aliphatic carbocycles. The predicted octanol–water partition coefficient (Wildman–Crippen LogP) is 3.71. The summed E-state index contributed by atoms with van der Waals surface area (Å²) in [7, 11) is 0. The lowest BCUT2D eigenvalue weighted by molar-refractivity contribution is -0.139. The van der Waals surface area contributed by atoms with Crippen LogP contribution in [0.2, 0.25) is 0 Å². The van der Waals surface area contributed by atoms with Crippen LogP contribution < -0.4 is 0 Å². The molecule has 5 nitrogen and oxygen atoms in total. The van der Waals surface area contributed by atoms with E-state index in [-0.39, 0.29) is 6.61 Å². The maximum atomic E-state index is 11.2. The van der Waals surface area contributed by atoms with Crippen molar-refractivity contribution < 1.29 is 18.5 Å². The molecule has 2 heterocycles. The highest BCUT2D eigenvalue weighted by Gasteiger charge is 2.12. The van der Waals surface area contributed by atoms with Crippen molar-refractivity contribution in [1.82, 2.24) is 5.16 Å². The molecule has 0 bridgehead atoms. The number of hydrogen-bond donors (Lipinski definition) is 0. The van der Waals surface area contributed by atoms with Crippen LogP contribution in [0.5, 0.6) is 0 Å². The van der Waals surface area contributed by atoms with Crippen LogP contribution in [0.3, 0.4) is 0 Å². The third kappa shape index (κ3) is 2.86. The molecule has 1 aromatic carbocycles. The molecule has 0 aliphatic rings. The summed E-state index contributed by atoms with van der Waals surface area (Å²) in [6, 6.07) is 11.3. The van der Waals surface area contributed by atoms with Crippen LogP contribution in [0.1, 0.15) is 12.6 Å². The molecule has 0 amide bonds. The summed E-state index contributed by atoms with van der Waals surface area (Å²) in [5, 5.41) is 4.85. The smallest absolute Gasteiger partial charge is 0.330 e. The van der Waals surface area contributed by atoms with Gasteiger partial charge in [0, 0.05) is 17.5 Å². The summed E-state index contributed by atoms with van der Waals surface area (Å²) in [5.41, 5.74) is 1.31. The molecular weight excluding hydrogens is 270 g/mol. The average Bonchev–Trinajstić information content (AvgIpc) is 3.11. The number of rotatable bonds is 4. The van der Waals surface area contributed by atoms with Crippen LogP contribution in [0, 0.1) is 0 Å². The Morgan fingerprint density at radius 1 is 1.29 bits per heavy atom. The normalized spacial score (nSPS) is 11.3.